The molecule has 1 aromatic heterocycles. The first-order valence-electron chi connectivity index (χ1n) is 8.12. The Morgan fingerprint density at radius 1 is 1.21 bits per heavy atom. The molecule has 3 rings (SSSR count). The number of piperazine rings is 1. The number of nitrogens with one attached hydrogen (secondary N) is 1. The fourth-order valence-corrected chi connectivity index (χ4v) is 3.86. The van der Waals surface area contributed by atoms with Crippen molar-refractivity contribution in [1.82, 2.24) is 9.80 Å². The Bertz CT molecular complexity index is 682. The van der Waals surface area contributed by atoms with Crippen molar-refractivity contribution in [2.45, 2.75) is 13.5 Å². The summed E-state index contributed by atoms with van der Waals surface area (Å²) in [6, 6.07) is 8.08. The summed E-state index contributed by atoms with van der Waals surface area (Å²) >= 11 is 5.25. The summed E-state index contributed by atoms with van der Waals surface area (Å²) < 4.78 is 1.02. The quantitative estimate of drug-likeness (QED) is 0.822. The maximum atomic E-state index is 12.2. The zero-order valence-electron chi connectivity index (χ0n) is 13.8. The summed E-state index contributed by atoms with van der Waals surface area (Å²) in [6.45, 7) is 7.41. The fraction of sp³-hybridized carbons (Fsp3) is 0.389. The van der Waals surface area contributed by atoms with Crippen molar-refractivity contribution in [3.8, 4) is 0 Å². The van der Waals surface area contributed by atoms with Crippen LogP contribution in [-0.2, 0) is 11.3 Å². The van der Waals surface area contributed by atoms with Crippen LogP contribution in [-0.4, -0.2) is 48.4 Å². The molecule has 0 spiro atoms. The Labute approximate surface area is 155 Å². The number of nitrogens with zero attached hydrogens (tertiary/aromatic N) is 2. The van der Waals surface area contributed by atoms with E-state index in [0.29, 0.717) is 6.54 Å². The number of benzene rings is 1. The van der Waals surface area contributed by atoms with Gasteiger partial charge in [-0.25, -0.2) is 0 Å². The van der Waals surface area contributed by atoms with Gasteiger partial charge in [-0.1, -0.05) is 22.0 Å². The molecule has 1 fully saturated rings. The SMILES string of the molecule is Cc1ccc(NC(=O)CN2CCN(Cc3ccsc3)CC2)cc1Br. The average molecular weight is 408 g/mol. The van der Waals surface area contributed by atoms with Gasteiger partial charge in [0.1, 0.15) is 0 Å². The maximum absolute atomic E-state index is 12.2. The molecule has 0 aliphatic carbocycles. The van der Waals surface area contributed by atoms with E-state index in [2.05, 4.69) is 47.9 Å². The van der Waals surface area contributed by atoms with Gasteiger partial charge in [0.15, 0.2) is 0 Å². The summed E-state index contributed by atoms with van der Waals surface area (Å²) in [7, 11) is 0. The summed E-state index contributed by atoms with van der Waals surface area (Å²) in [5.74, 6) is 0.0528. The Morgan fingerprint density at radius 2 is 1.96 bits per heavy atom. The van der Waals surface area contributed by atoms with Gasteiger partial charge < -0.3 is 5.32 Å². The standard InChI is InChI=1S/C18H22BrN3OS/c1-14-2-3-16(10-17(14)19)20-18(23)12-22-7-5-21(6-8-22)11-15-4-9-24-13-15/h2-4,9-10,13H,5-8,11-12H2,1H3,(H,20,23). The normalized spacial score (nSPS) is 16.2. The van der Waals surface area contributed by atoms with E-state index in [1.165, 1.54) is 5.56 Å². The highest BCUT2D eigenvalue weighted by Crippen LogP contribution is 2.20. The molecule has 1 aliphatic heterocycles. The minimum Gasteiger partial charge on any atom is -0.325 e. The van der Waals surface area contributed by atoms with Crippen molar-refractivity contribution in [1.29, 1.82) is 0 Å². The fourth-order valence-electron chi connectivity index (χ4n) is 2.82. The van der Waals surface area contributed by atoms with Gasteiger partial charge in [0.05, 0.1) is 6.54 Å². The third-order valence-electron chi connectivity index (χ3n) is 4.27. The third-order valence-corrected chi connectivity index (χ3v) is 5.86. The summed E-state index contributed by atoms with van der Waals surface area (Å²) in [4.78, 5) is 16.9. The Kier molecular flexibility index (Phi) is 6.05. The van der Waals surface area contributed by atoms with Gasteiger partial charge in [0.25, 0.3) is 0 Å². The molecule has 0 atom stereocenters. The summed E-state index contributed by atoms with van der Waals surface area (Å²) in [5.41, 5.74) is 3.39. The Morgan fingerprint density at radius 3 is 2.62 bits per heavy atom. The van der Waals surface area contributed by atoms with E-state index < -0.39 is 0 Å². The number of hydrogen-bond donors (Lipinski definition) is 1. The monoisotopic (exact) mass is 407 g/mol. The van der Waals surface area contributed by atoms with Crippen LogP contribution in [0.4, 0.5) is 5.69 Å². The predicted octanol–water partition coefficient (Wildman–Crippen LogP) is 3.58. The minimum absolute atomic E-state index is 0.0528. The van der Waals surface area contributed by atoms with Crippen molar-refractivity contribution < 1.29 is 4.79 Å². The molecular formula is C18H22BrN3OS. The van der Waals surface area contributed by atoms with Crippen molar-refractivity contribution in [2.24, 2.45) is 0 Å². The number of anilines is 1. The van der Waals surface area contributed by atoms with Crippen molar-refractivity contribution in [2.75, 3.05) is 38.0 Å². The van der Waals surface area contributed by atoms with E-state index in [0.717, 1.165) is 48.4 Å². The molecule has 2 heterocycles. The molecule has 1 aromatic carbocycles. The van der Waals surface area contributed by atoms with Gasteiger partial charge in [-0.2, -0.15) is 11.3 Å². The lowest BCUT2D eigenvalue weighted by Crippen LogP contribution is -2.48. The van der Waals surface area contributed by atoms with Gasteiger partial charge >= 0.3 is 0 Å². The first-order valence-corrected chi connectivity index (χ1v) is 9.85. The number of thiophene rings is 1. The van der Waals surface area contributed by atoms with Crippen molar-refractivity contribution in [3.63, 3.8) is 0 Å². The molecule has 1 N–H and O–H groups in total. The lowest BCUT2D eigenvalue weighted by Gasteiger charge is -2.34. The van der Waals surface area contributed by atoms with E-state index in [-0.39, 0.29) is 5.91 Å². The molecule has 1 amide bonds. The van der Waals surface area contributed by atoms with Crippen LogP contribution in [0.5, 0.6) is 0 Å². The van der Waals surface area contributed by atoms with E-state index in [1.807, 2.05) is 25.1 Å². The molecule has 0 saturated carbocycles. The minimum atomic E-state index is 0.0528. The lowest BCUT2D eigenvalue weighted by molar-refractivity contribution is -0.117. The molecular weight excluding hydrogens is 386 g/mol. The van der Waals surface area contributed by atoms with Gasteiger partial charge in [-0.05, 0) is 47.0 Å². The third kappa shape index (κ3) is 4.89. The van der Waals surface area contributed by atoms with Crippen LogP contribution in [0.3, 0.4) is 0 Å². The van der Waals surface area contributed by atoms with Gasteiger partial charge in [0.2, 0.25) is 5.91 Å². The van der Waals surface area contributed by atoms with E-state index in [4.69, 9.17) is 0 Å². The smallest absolute Gasteiger partial charge is 0.238 e. The van der Waals surface area contributed by atoms with E-state index >= 15 is 0 Å². The number of carbonyl (C=O) groups is 1. The highest BCUT2D eigenvalue weighted by atomic mass is 79.9. The molecule has 0 radical (unpaired) electrons. The van der Waals surface area contributed by atoms with Crippen molar-refractivity contribution in [3.05, 3.63) is 50.6 Å². The zero-order valence-corrected chi connectivity index (χ0v) is 16.2. The maximum Gasteiger partial charge on any atom is 0.238 e. The van der Waals surface area contributed by atoms with Gasteiger partial charge in [0, 0.05) is 42.9 Å². The van der Waals surface area contributed by atoms with Crippen LogP contribution in [0.25, 0.3) is 0 Å². The summed E-state index contributed by atoms with van der Waals surface area (Å²) in [6.07, 6.45) is 0. The average Bonchev–Trinajstić information content (AvgIpc) is 3.06. The number of carbonyl (C=O) groups excluding carboxylic acids is 1. The molecule has 6 heteroatoms. The molecule has 4 nitrogen and oxygen atoms in total. The number of rotatable bonds is 5. The number of halogens is 1. The van der Waals surface area contributed by atoms with Crippen LogP contribution >= 0.6 is 27.3 Å². The van der Waals surface area contributed by atoms with Crippen molar-refractivity contribution >= 4 is 38.9 Å². The first kappa shape index (κ1) is 17.6. The second-order valence-corrected chi connectivity index (χ2v) is 7.83. The second-order valence-electron chi connectivity index (χ2n) is 6.20. The van der Waals surface area contributed by atoms with Crippen LogP contribution in [0, 0.1) is 6.92 Å². The zero-order chi connectivity index (χ0) is 16.9. The number of aryl methyl sites for hydroxylation is 1. The molecule has 24 heavy (non-hydrogen) atoms. The molecule has 1 saturated heterocycles. The van der Waals surface area contributed by atoms with E-state index in [1.54, 1.807) is 11.3 Å². The molecule has 128 valence electrons. The second kappa shape index (κ2) is 8.25. The Balaban J connectivity index is 1.43. The number of amides is 1. The lowest BCUT2D eigenvalue weighted by atomic mass is 10.2. The molecule has 0 unspecified atom stereocenters. The Hall–Kier alpha value is -1.21. The molecule has 0 bridgehead atoms. The summed E-state index contributed by atoms with van der Waals surface area (Å²) in [5, 5.41) is 7.31. The highest BCUT2D eigenvalue weighted by Gasteiger charge is 2.19. The van der Waals surface area contributed by atoms with Crippen LogP contribution in [0.2, 0.25) is 0 Å². The molecule has 1 aliphatic rings. The predicted molar refractivity (Wildman–Crippen MR) is 104 cm³/mol. The highest BCUT2D eigenvalue weighted by molar-refractivity contribution is 9.10. The molecule has 2 aromatic rings. The van der Waals surface area contributed by atoms with Crippen LogP contribution in [0.15, 0.2) is 39.5 Å². The largest absolute Gasteiger partial charge is 0.325 e. The number of hydrogen-bond acceptors (Lipinski definition) is 4. The van der Waals surface area contributed by atoms with Crippen LogP contribution < -0.4 is 5.32 Å². The van der Waals surface area contributed by atoms with Gasteiger partial charge in [-0.3, -0.25) is 14.6 Å². The first-order chi connectivity index (χ1) is 11.6. The topological polar surface area (TPSA) is 35.6 Å². The van der Waals surface area contributed by atoms with Crippen LogP contribution in [0.1, 0.15) is 11.1 Å². The van der Waals surface area contributed by atoms with E-state index in [9.17, 15) is 4.79 Å². The van der Waals surface area contributed by atoms with Gasteiger partial charge in [-0.15, -0.1) is 0 Å².